The van der Waals surface area contributed by atoms with Gasteiger partial charge in [0.05, 0.1) is 12.5 Å². The number of aromatic carboxylic acids is 1. The first kappa shape index (κ1) is 15.1. The van der Waals surface area contributed by atoms with Crippen LogP contribution in [0.15, 0.2) is 29.6 Å². The lowest BCUT2D eigenvalue weighted by molar-refractivity contribution is -0.121. The summed E-state index contributed by atoms with van der Waals surface area (Å²) in [6.45, 7) is 1.70. The van der Waals surface area contributed by atoms with Gasteiger partial charge in [0.1, 0.15) is 10.8 Å². The van der Waals surface area contributed by atoms with Gasteiger partial charge >= 0.3 is 5.97 Å². The molecule has 1 heterocycles. The Bertz CT molecular complexity index is 672. The number of amides is 1. The van der Waals surface area contributed by atoms with Crippen molar-refractivity contribution in [2.45, 2.75) is 19.4 Å². The van der Waals surface area contributed by atoms with E-state index in [1.54, 1.807) is 25.1 Å². The standard InChI is InChI=1S/C14H13FN2O3S/c1-8(13-17-11(7-21-13)14(19)20)16-12(18)6-9-4-2-3-5-10(9)15/h2-5,7-8H,6H2,1H3,(H,16,18)(H,19,20). The van der Waals surface area contributed by atoms with Crippen molar-refractivity contribution in [3.05, 3.63) is 51.7 Å². The molecule has 0 radical (unpaired) electrons. The van der Waals surface area contributed by atoms with E-state index in [0.29, 0.717) is 10.6 Å². The van der Waals surface area contributed by atoms with Crippen molar-refractivity contribution in [3.8, 4) is 0 Å². The fraction of sp³-hybridized carbons (Fsp3) is 0.214. The van der Waals surface area contributed by atoms with Gasteiger partial charge in [0.25, 0.3) is 0 Å². The summed E-state index contributed by atoms with van der Waals surface area (Å²) in [7, 11) is 0. The predicted octanol–water partition coefficient (Wildman–Crippen LogP) is 2.40. The Balaban J connectivity index is 1.98. The zero-order valence-electron chi connectivity index (χ0n) is 11.2. The third-order valence-corrected chi connectivity index (χ3v) is 3.83. The van der Waals surface area contributed by atoms with Crippen molar-refractivity contribution >= 4 is 23.2 Å². The molecule has 0 spiro atoms. The SMILES string of the molecule is CC(NC(=O)Cc1ccccc1F)c1nc(C(=O)O)cs1. The average molecular weight is 308 g/mol. The molecular weight excluding hydrogens is 295 g/mol. The molecule has 2 N–H and O–H groups in total. The van der Waals surface area contributed by atoms with Gasteiger partial charge in [0.2, 0.25) is 5.91 Å². The lowest BCUT2D eigenvalue weighted by Gasteiger charge is -2.11. The van der Waals surface area contributed by atoms with Crippen LogP contribution in [0.1, 0.15) is 34.0 Å². The molecule has 1 unspecified atom stereocenters. The molecule has 5 nitrogen and oxygen atoms in total. The van der Waals surface area contributed by atoms with E-state index in [4.69, 9.17) is 5.11 Å². The molecule has 0 aliphatic carbocycles. The molecule has 21 heavy (non-hydrogen) atoms. The van der Waals surface area contributed by atoms with Crippen LogP contribution in [-0.4, -0.2) is 22.0 Å². The monoisotopic (exact) mass is 308 g/mol. The molecule has 1 amide bonds. The molecular formula is C14H13FN2O3S. The molecule has 2 rings (SSSR count). The number of carbonyl (C=O) groups excluding carboxylic acids is 1. The zero-order chi connectivity index (χ0) is 15.4. The number of carboxylic acid groups (broad SMARTS) is 1. The van der Waals surface area contributed by atoms with E-state index in [2.05, 4.69) is 10.3 Å². The van der Waals surface area contributed by atoms with E-state index in [-0.39, 0.29) is 18.0 Å². The van der Waals surface area contributed by atoms with Crippen molar-refractivity contribution < 1.29 is 19.1 Å². The van der Waals surface area contributed by atoms with E-state index in [1.807, 2.05) is 0 Å². The third kappa shape index (κ3) is 3.85. The number of carboxylic acids is 1. The molecule has 7 heteroatoms. The molecule has 1 aromatic carbocycles. The van der Waals surface area contributed by atoms with Gasteiger partial charge in [-0.25, -0.2) is 14.2 Å². The van der Waals surface area contributed by atoms with Crippen molar-refractivity contribution in [2.24, 2.45) is 0 Å². The Morgan fingerprint density at radius 2 is 2.14 bits per heavy atom. The van der Waals surface area contributed by atoms with E-state index in [9.17, 15) is 14.0 Å². The second kappa shape index (κ2) is 6.45. The molecule has 0 saturated carbocycles. The van der Waals surface area contributed by atoms with E-state index < -0.39 is 17.8 Å². The molecule has 0 saturated heterocycles. The lowest BCUT2D eigenvalue weighted by atomic mass is 10.1. The number of nitrogens with one attached hydrogen (secondary N) is 1. The van der Waals surface area contributed by atoms with E-state index in [0.717, 1.165) is 11.3 Å². The first-order valence-electron chi connectivity index (χ1n) is 6.19. The maximum absolute atomic E-state index is 13.4. The highest BCUT2D eigenvalue weighted by Crippen LogP contribution is 2.18. The summed E-state index contributed by atoms with van der Waals surface area (Å²) in [5, 5.41) is 13.4. The number of hydrogen-bond acceptors (Lipinski definition) is 4. The van der Waals surface area contributed by atoms with Crippen molar-refractivity contribution in [1.82, 2.24) is 10.3 Å². The smallest absolute Gasteiger partial charge is 0.355 e. The Hall–Kier alpha value is -2.28. The number of rotatable bonds is 5. The third-order valence-electron chi connectivity index (χ3n) is 2.80. The Kier molecular flexibility index (Phi) is 4.64. The summed E-state index contributed by atoms with van der Waals surface area (Å²) in [5.74, 6) is -1.88. The van der Waals surface area contributed by atoms with Gasteiger partial charge in [-0.15, -0.1) is 11.3 Å². The van der Waals surface area contributed by atoms with Crippen LogP contribution >= 0.6 is 11.3 Å². The largest absolute Gasteiger partial charge is 0.476 e. The molecule has 110 valence electrons. The average Bonchev–Trinajstić information content (AvgIpc) is 2.91. The van der Waals surface area contributed by atoms with Gasteiger partial charge < -0.3 is 10.4 Å². The topological polar surface area (TPSA) is 79.3 Å². The van der Waals surface area contributed by atoms with Gasteiger partial charge in [-0.3, -0.25) is 4.79 Å². The highest BCUT2D eigenvalue weighted by Gasteiger charge is 2.16. The fourth-order valence-corrected chi connectivity index (χ4v) is 2.55. The number of halogens is 1. The van der Waals surface area contributed by atoms with Crippen molar-refractivity contribution in [3.63, 3.8) is 0 Å². The van der Waals surface area contributed by atoms with Crippen molar-refractivity contribution in [2.75, 3.05) is 0 Å². The summed E-state index contributed by atoms with van der Waals surface area (Å²) in [6, 6.07) is 5.64. The molecule has 0 fully saturated rings. The van der Waals surface area contributed by atoms with Gasteiger partial charge in [0.15, 0.2) is 5.69 Å². The van der Waals surface area contributed by atoms with Crippen LogP contribution < -0.4 is 5.32 Å². The number of nitrogens with zero attached hydrogens (tertiary/aromatic N) is 1. The number of aromatic nitrogens is 1. The summed E-state index contributed by atoms with van der Waals surface area (Å²) < 4.78 is 13.4. The molecule has 1 atom stereocenters. The van der Waals surface area contributed by atoms with Crippen LogP contribution in [0.3, 0.4) is 0 Å². The maximum Gasteiger partial charge on any atom is 0.355 e. The van der Waals surface area contributed by atoms with Gasteiger partial charge in [-0.2, -0.15) is 0 Å². The highest BCUT2D eigenvalue weighted by molar-refractivity contribution is 7.09. The number of thiazole rings is 1. The first-order chi connectivity index (χ1) is 9.97. The highest BCUT2D eigenvalue weighted by atomic mass is 32.1. The minimum Gasteiger partial charge on any atom is -0.476 e. The Morgan fingerprint density at radius 3 is 2.76 bits per heavy atom. The lowest BCUT2D eigenvalue weighted by Crippen LogP contribution is -2.28. The van der Waals surface area contributed by atoms with E-state index >= 15 is 0 Å². The van der Waals surface area contributed by atoms with Crippen LogP contribution in [0.2, 0.25) is 0 Å². The normalized spacial score (nSPS) is 11.9. The van der Waals surface area contributed by atoms with Crippen LogP contribution in [0.4, 0.5) is 4.39 Å². The Labute approximate surface area is 124 Å². The molecule has 0 aliphatic heterocycles. The quantitative estimate of drug-likeness (QED) is 0.889. The second-order valence-corrected chi connectivity index (χ2v) is 5.32. The van der Waals surface area contributed by atoms with Gasteiger partial charge in [0, 0.05) is 5.38 Å². The Morgan fingerprint density at radius 1 is 1.43 bits per heavy atom. The van der Waals surface area contributed by atoms with Crippen LogP contribution in [-0.2, 0) is 11.2 Å². The zero-order valence-corrected chi connectivity index (χ0v) is 12.0. The number of benzene rings is 1. The molecule has 0 bridgehead atoms. The summed E-state index contributed by atoms with van der Waals surface area (Å²) in [4.78, 5) is 26.5. The van der Waals surface area contributed by atoms with Gasteiger partial charge in [-0.05, 0) is 18.6 Å². The number of hydrogen-bond donors (Lipinski definition) is 2. The van der Waals surface area contributed by atoms with Crippen LogP contribution in [0.25, 0.3) is 0 Å². The van der Waals surface area contributed by atoms with Gasteiger partial charge in [-0.1, -0.05) is 18.2 Å². The minimum absolute atomic E-state index is 0.0507. The van der Waals surface area contributed by atoms with Crippen molar-refractivity contribution in [1.29, 1.82) is 0 Å². The molecule has 0 aliphatic rings. The molecule has 1 aromatic heterocycles. The van der Waals surface area contributed by atoms with E-state index in [1.165, 1.54) is 11.4 Å². The summed E-state index contributed by atoms with van der Waals surface area (Å²) >= 11 is 1.16. The second-order valence-electron chi connectivity index (χ2n) is 4.43. The van der Waals surface area contributed by atoms with Crippen LogP contribution in [0, 0.1) is 5.82 Å². The fourth-order valence-electron chi connectivity index (χ4n) is 1.75. The minimum atomic E-state index is -1.11. The number of carbonyl (C=O) groups is 2. The van der Waals surface area contributed by atoms with Crippen LogP contribution in [0.5, 0.6) is 0 Å². The maximum atomic E-state index is 13.4. The predicted molar refractivity (Wildman–Crippen MR) is 75.7 cm³/mol. The first-order valence-corrected chi connectivity index (χ1v) is 7.07. The molecule has 2 aromatic rings. The summed E-state index contributed by atoms with van der Waals surface area (Å²) in [6.07, 6.45) is -0.0752. The summed E-state index contributed by atoms with van der Waals surface area (Å²) in [5.41, 5.74) is 0.262.